The van der Waals surface area contributed by atoms with E-state index in [1.165, 1.54) is 6.26 Å². The third-order valence-corrected chi connectivity index (χ3v) is 7.75. The van der Waals surface area contributed by atoms with Crippen molar-refractivity contribution in [1.29, 1.82) is 0 Å². The first-order chi connectivity index (χ1) is 18.0. The second kappa shape index (κ2) is 9.59. The number of benzene rings is 1. The number of rotatable bonds is 5. The number of carbonyl (C=O) groups is 1. The van der Waals surface area contributed by atoms with E-state index < -0.39 is 6.04 Å². The van der Waals surface area contributed by atoms with Gasteiger partial charge in [-0.2, -0.15) is 0 Å². The number of H-pyrrole nitrogens is 1. The summed E-state index contributed by atoms with van der Waals surface area (Å²) in [4.78, 5) is 33.6. The molecule has 0 bridgehead atoms. The number of amides is 1. The van der Waals surface area contributed by atoms with Crippen LogP contribution in [0.3, 0.4) is 0 Å². The van der Waals surface area contributed by atoms with E-state index in [0.717, 1.165) is 47.7 Å². The Kier molecular flexibility index (Phi) is 6.11. The number of carbonyl (C=O) groups excluding carboxylic acids is 1. The molecule has 1 aliphatic carbocycles. The Bertz CT molecular complexity index is 1480. The molecule has 1 aliphatic heterocycles. The van der Waals surface area contributed by atoms with E-state index in [4.69, 9.17) is 4.42 Å². The number of hydrogen-bond donors (Lipinski definition) is 1. The number of tetrazole rings is 1. The summed E-state index contributed by atoms with van der Waals surface area (Å²) in [5.74, 6) is 0.908. The first kappa shape index (κ1) is 23.6. The van der Waals surface area contributed by atoms with E-state index in [1.807, 2.05) is 17.7 Å². The lowest BCUT2D eigenvalue weighted by Gasteiger charge is -2.38. The molecule has 1 N–H and O–H groups in total. The molecule has 4 aromatic rings. The zero-order valence-electron chi connectivity index (χ0n) is 21.2. The highest BCUT2D eigenvalue weighted by Gasteiger charge is 2.35. The van der Waals surface area contributed by atoms with Crippen molar-refractivity contribution in [2.45, 2.75) is 51.6 Å². The number of furan rings is 1. The van der Waals surface area contributed by atoms with E-state index in [9.17, 15) is 9.59 Å². The molecule has 1 saturated carbocycles. The molecule has 2 aliphatic rings. The fraction of sp³-hybridized carbons (Fsp3) is 0.444. The molecule has 6 rings (SSSR count). The molecule has 192 valence electrons. The number of hydrogen-bond acceptors (Lipinski definition) is 7. The van der Waals surface area contributed by atoms with Crippen LogP contribution >= 0.6 is 0 Å². The third kappa shape index (κ3) is 4.35. The average Bonchev–Trinajstić information content (AvgIpc) is 3.68. The Morgan fingerprint density at radius 2 is 1.89 bits per heavy atom. The molecule has 0 spiro atoms. The summed E-state index contributed by atoms with van der Waals surface area (Å²) in [6, 6.07) is 9.38. The largest absolute Gasteiger partial charge is 0.459 e. The lowest BCUT2D eigenvalue weighted by atomic mass is 10.00. The van der Waals surface area contributed by atoms with Crippen LogP contribution in [0.5, 0.6) is 0 Å². The molecule has 1 aromatic carbocycles. The maximum Gasteiger partial charge on any atom is 0.289 e. The van der Waals surface area contributed by atoms with Gasteiger partial charge in [0.15, 0.2) is 11.6 Å². The minimum atomic E-state index is -0.426. The molecule has 4 heterocycles. The summed E-state index contributed by atoms with van der Waals surface area (Å²) in [5.41, 5.74) is 3.51. The zero-order valence-corrected chi connectivity index (χ0v) is 21.2. The molecule has 3 aromatic heterocycles. The van der Waals surface area contributed by atoms with Crippen molar-refractivity contribution < 1.29 is 9.21 Å². The summed E-state index contributed by atoms with van der Waals surface area (Å²) < 4.78 is 7.25. The Labute approximate surface area is 214 Å². The smallest absolute Gasteiger partial charge is 0.289 e. The van der Waals surface area contributed by atoms with Crippen molar-refractivity contribution in [3.63, 3.8) is 0 Å². The lowest BCUT2D eigenvalue weighted by Crippen LogP contribution is -2.50. The molecule has 1 amide bonds. The van der Waals surface area contributed by atoms with Gasteiger partial charge in [-0.25, -0.2) is 4.68 Å². The van der Waals surface area contributed by atoms with Gasteiger partial charge in [0.2, 0.25) is 0 Å². The highest BCUT2D eigenvalue weighted by molar-refractivity contribution is 5.91. The Morgan fingerprint density at radius 1 is 1.11 bits per heavy atom. The van der Waals surface area contributed by atoms with Crippen LogP contribution in [-0.2, 0) is 0 Å². The number of aromatic nitrogens is 5. The Hall–Kier alpha value is -3.79. The zero-order chi connectivity index (χ0) is 25.5. The highest BCUT2D eigenvalue weighted by Crippen LogP contribution is 2.34. The molecular formula is C27H31N7O3. The van der Waals surface area contributed by atoms with Crippen LogP contribution < -0.4 is 5.56 Å². The van der Waals surface area contributed by atoms with Crippen LogP contribution in [0.4, 0.5) is 0 Å². The molecule has 37 heavy (non-hydrogen) atoms. The van der Waals surface area contributed by atoms with E-state index in [-0.39, 0.29) is 17.5 Å². The fourth-order valence-electron chi connectivity index (χ4n) is 5.93. The molecular weight excluding hydrogens is 470 g/mol. The lowest BCUT2D eigenvalue weighted by molar-refractivity contribution is 0.0557. The van der Waals surface area contributed by atoms with Crippen LogP contribution in [0.2, 0.25) is 0 Å². The van der Waals surface area contributed by atoms with E-state index in [1.54, 1.807) is 17.0 Å². The quantitative estimate of drug-likeness (QED) is 0.446. The SMILES string of the molecule is Cc1cc(C)c2[nH]c(=O)c([C@H](c3nnnn3C3CCCC3)N3CCN(C(=O)c4ccco4)CC3)cc2c1. The van der Waals surface area contributed by atoms with Gasteiger partial charge in [-0.05, 0) is 72.3 Å². The van der Waals surface area contributed by atoms with E-state index in [2.05, 4.69) is 44.5 Å². The van der Waals surface area contributed by atoms with Gasteiger partial charge in [0.1, 0.15) is 6.04 Å². The minimum Gasteiger partial charge on any atom is -0.459 e. The number of piperazine rings is 1. The number of nitrogens with zero attached hydrogens (tertiary/aromatic N) is 6. The summed E-state index contributed by atoms with van der Waals surface area (Å²) in [7, 11) is 0. The van der Waals surface area contributed by atoms with Crippen molar-refractivity contribution in [2.24, 2.45) is 0 Å². The predicted octanol–water partition coefficient (Wildman–Crippen LogP) is 3.39. The van der Waals surface area contributed by atoms with Crippen molar-refractivity contribution >= 4 is 16.8 Å². The Morgan fingerprint density at radius 3 is 2.62 bits per heavy atom. The molecule has 2 fully saturated rings. The molecule has 10 nitrogen and oxygen atoms in total. The summed E-state index contributed by atoms with van der Waals surface area (Å²) >= 11 is 0. The van der Waals surface area contributed by atoms with Gasteiger partial charge in [-0.15, -0.1) is 5.10 Å². The van der Waals surface area contributed by atoms with Gasteiger partial charge in [-0.3, -0.25) is 14.5 Å². The van der Waals surface area contributed by atoms with Crippen LogP contribution in [0, 0.1) is 13.8 Å². The van der Waals surface area contributed by atoms with Gasteiger partial charge in [0.25, 0.3) is 11.5 Å². The van der Waals surface area contributed by atoms with Crippen molar-refractivity contribution in [3.05, 3.63) is 75.2 Å². The standard InChI is InChI=1S/C27H31N7O3/c1-17-14-18(2)23-19(15-17)16-21(26(35)28-23)24(25-29-30-31-34(25)20-6-3-4-7-20)32-9-11-33(12-10-32)27(36)22-8-5-13-37-22/h5,8,13-16,20,24H,3-4,6-7,9-12H2,1-2H3,(H,28,35)/t24-/m1/s1. The highest BCUT2D eigenvalue weighted by atomic mass is 16.3. The minimum absolute atomic E-state index is 0.119. The second-order valence-electron chi connectivity index (χ2n) is 10.2. The first-order valence-corrected chi connectivity index (χ1v) is 13.0. The van der Waals surface area contributed by atoms with Gasteiger partial charge in [-0.1, -0.05) is 24.5 Å². The number of fused-ring (bicyclic) bond motifs is 1. The van der Waals surface area contributed by atoms with Crippen LogP contribution in [-0.4, -0.2) is 67.1 Å². The molecule has 0 radical (unpaired) electrons. The number of aromatic amines is 1. The molecule has 0 unspecified atom stereocenters. The molecule has 1 saturated heterocycles. The maximum absolute atomic E-state index is 13.6. The molecule has 1 atom stereocenters. The van der Waals surface area contributed by atoms with Gasteiger partial charge in [0.05, 0.1) is 17.8 Å². The first-order valence-electron chi connectivity index (χ1n) is 13.0. The topological polar surface area (TPSA) is 113 Å². The average molecular weight is 502 g/mol. The number of aryl methyl sites for hydroxylation is 2. The van der Waals surface area contributed by atoms with Crippen LogP contribution in [0.25, 0.3) is 10.9 Å². The van der Waals surface area contributed by atoms with Crippen LogP contribution in [0.1, 0.15) is 70.8 Å². The van der Waals surface area contributed by atoms with Crippen molar-refractivity contribution in [1.82, 2.24) is 35.0 Å². The Balaban J connectivity index is 1.39. The third-order valence-electron chi connectivity index (χ3n) is 7.75. The monoisotopic (exact) mass is 501 g/mol. The van der Waals surface area contributed by atoms with E-state index in [0.29, 0.717) is 43.3 Å². The predicted molar refractivity (Wildman–Crippen MR) is 137 cm³/mol. The normalized spacial score (nSPS) is 18.1. The summed E-state index contributed by atoms with van der Waals surface area (Å²) in [6.45, 7) is 6.27. The van der Waals surface area contributed by atoms with E-state index >= 15 is 0 Å². The number of pyridine rings is 1. The van der Waals surface area contributed by atoms with Gasteiger partial charge < -0.3 is 14.3 Å². The molecule has 10 heteroatoms. The fourth-order valence-corrected chi connectivity index (χ4v) is 5.93. The summed E-state index contributed by atoms with van der Waals surface area (Å²) in [5, 5.41) is 13.9. The summed E-state index contributed by atoms with van der Waals surface area (Å²) in [6.07, 6.45) is 5.87. The van der Waals surface area contributed by atoms with Crippen molar-refractivity contribution in [3.8, 4) is 0 Å². The number of nitrogens with one attached hydrogen (secondary N) is 1. The second-order valence-corrected chi connectivity index (χ2v) is 10.2. The van der Waals surface area contributed by atoms with Gasteiger partial charge in [0, 0.05) is 31.7 Å². The maximum atomic E-state index is 13.6. The van der Waals surface area contributed by atoms with Crippen molar-refractivity contribution in [2.75, 3.05) is 26.2 Å². The van der Waals surface area contributed by atoms with Crippen LogP contribution in [0.15, 0.2) is 45.8 Å². The van der Waals surface area contributed by atoms with Gasteiger partial charge >= 0.3 is 0 Å².